The highest BCUT2D eigenvalue weighted by Crippen LogP contribution is 2.32. The molecule has 1 aliphatic rings. The van der Waals surface area contributed by atoms with E-state index in [1.54, 1.807) is 0 Å². The van der Waals surface area contributed by atoms with E-state index in [2.05, 4.69) is 24.3 Å². The molecule has 0 bridgehead atoms. The van der Waals surface area contributed by atoms with Crippen molar-refractivity contribution >= 4 is 0 Å². The monoisotopic (exact) mass is 176 g/mol. The molecular formula is C12H16O. The molecule has 1 aliphatic carbocycles. The van der Waals surface area contributed by atoms with E-state index in [0.717, 1.165) is 12.8 Å². The minimum absolute atomic E-state index is 0.115. The topological polar surface area (TPSA) is 20.2 Å². The maximum Gasteiger partial charge on any atom is 0.0608 e. The third kappa shape index (κ3) is 1.92. The second-order valence-corrected chi connectivity index (χ2v) is 3.87. The van der Waals surface area contributed by atoms with E-state index in [1.165, 1.54) is 18.4 Å². The maximum atomic E-state index is 9.82. The first-order chi connectivity index (χ1) is 6.38. The third-order valence-corrected chi connectivity index (χ3v) is 2.96. The Bertz CT molecular complexity index is 255. The van der Waals surface area contributed by atoms with E-state index >= 15 is 0 Å². The van der Waals surface area contributed by atoms with Crippen LogP contribution in [-0.2, 0) is 0 Å². The van der Waals surface area contributed by atoms with Gasteiger partial charge < -0.3 is 5.11 Å². The Morgan fingerprint density at radius 2 is 1.69 bits per heavy atom. The highest BCUT2D eigenvalue weighted by Gasteiger charge is 2.23. The number of aliphatic hydroxyl groups is 1. The third-order valence-electron chi connectivity index (χ3n) is 2.96. The van der Waals surface area contributed by atoms with Crippen molar-refractivity contribution < 1.29 is 5.11 Å². The standard InChI is InChI=1S/C12H16O/c13-12-9-5-4-8-11(12)10-6-2-1-3-7-10/h1-3,6-7,11-13H,4-5,8-9H2/t11-,12?/m1/s1. The van der Waals surface area contributed by atoms with Gasteiger partial charge in [0.1, 0.15) is 0 Å². The molecule has 1 aromatic carbocycles. The van der Waals surface area contributed by atoms with Crippen LogP contribution in [0.1, 0.15) is 37.2 Å². The number of hydrogen-bond donors (Lipinski definition) is 1. The molecule has 0 heterocycles. The van der Waals surface area contributed by atoms with E-state index in [-0.39, 0.29) is 6.10 Å². The lowest BCUT2D eigenvalue weighted by Crippen LogP contribution is -2.22. The summed E-state index contributed by atoms with van der Waals surface area (Å²) in [6.45, 7) is 0. The Kier molecular flexibility index (Phi) is 2.65. The molecule has 0 spiro atoms. The van der Waals surface area contributed by atoms with E-state index in [4.69, 9.17) is 0 Å². The van der Waals surface area contributed by atoms with Crippen LogP contribution in [0, 0.1) is 0 Å². The number of rotatable bonds is 1. The number of benzene rings is 1. The van der Waals surface area contributed by atoms with Gasteiger partial charge in [-0.25, -0.2) is 0 Å². The van der Waals surface area contributed by atoms with Crippen molar-refractivity contribution in [2.45, 2.75) is 37.7 Å². The molecule has 70 valence electrons. The predicted molar refractivity (Wildman–Crippen MR) is 53.7 cm³/mol. The molecule has 0 aliphatic heterocycles. The average Bonchev–Trinajstić information content (AvgIpc) is 2.20. The van der Waals surface area contributed by atoms with Gasteiger partial charge in [-0.15, -0.1) is 0 Å². The van der Waals surface area contributed by atoms with Crippen molar-refractivity contribution in [2.24, 2.45) is 0 Å². The van der Waals surface area contributed by atoms with E-state index in [1.807, 2.05) is 6.07 Å². The van der Waals surface area contributed by atoms with Crippen LogP contribution in [0.15, 0.2) is 30.3 Å². The van der Waals surface area contributed by atoms with Gasteiger partial charge in [0.05, 0.1) is 6.10 Å². The molecule has 0 amide bonds. The molecule has 2 atom stereocenters. The van der Waals surface area contributed by atoms with Crippen LogP contribution in [-0.4, -0.2) is 11.2 Å². The fourth-order valence-electron chi connectivity index (χ4n) is 2.20. The summed E-state index contributed by atoms with van der Waals surface area (Å²) in [6.07, 6.45) is 4.45. The lowest BCUT2D eigenvalue weighted by Gasteiger charge is -2.27. The van der Waals surface area contributed by atoms with Crippen LogP contribution < -0.4 is 0 Å². The van der Waals surface area contributed by atoms with Gasteiger partial charge in [-0.3, -0.25) is 0 Å². The summed E-state index contributed by atoms with van der Waals surface area (Å²) in [5.74, 6) is 0.384. The SMILES string of the molecule is OC1CCCC[C@@H]1c1ccccc1. The summed E-state index contributed by atoms with van der Waals surface area (Å²) in [5.41, 5.74) is 1.30. The van der Waals surface area contributed by atoms with Gasteiger partial charge in [0.25, 0.3) is 0 Å². The Balaban J connectivity index is 2.15. The van der Waals surface area contributed by atoms with Crippen LogP contribution >= 0.6 is 0 Å². The van der Waals surface area contributed by atoms with Gasteiger partial charge in [0.2, 0.25) is 0 Å². The second-order valence-electron chi connectivity index (χ2n) is 3.87. The fourth-order valence-corrected chi connectivity index (χ4v) is 2.20. The van der Waals surface area contributed by atoms with Crippen LogP contribution in [0.5, 0.6) is 0 Å². The van der Waals surface area contributed by atoms with Crippen LogP contribution in [0.2, 0.25) is 0 Å². The summed E-state index contributed by atoms with van der Waals surface area (Å²) in [4.78, 5) is 0. The molecule has 1 saturated carbocycles. The minimum Gasteiger partial charge on any atom is -0.392 e. The molecule has 1 heteroatoms. The number of hydrogen-bond acceptors (Lipinski definition) is 1. The predicted octanol–water partition coefficient (Wildman–Crippen LogP) is 2.71. The van der Waals surface area contributed by atoms with Crippen molar-refractivity contribution in [3.8, 4) is 0 Å². The average molecular weight is 176 g/mol. The molecule has 2 rings (SSSR count). The van der Waals surface area contributed by atoms with Crippen molar-refractivity contribution in [3.05, 3.63) is 35.9 Å². The largest absolute Gasteiger partial charge is 0.392 e. The Morgan fingerprint density at radius 3 is 2.38 bits per heavy atom. The molecule has 1 nitrogen and oxygen atoms in total. The Hall–Kier alpha value is -0.820. The molecule has 1 fully saturated rings. The van der Waals surface area contributed by atoms with Crippen molar-refractivity contribution in [1.29, 1.82) is 0 Å². The van der Waals surface area contributed by atoms with Gasteiger partial charge >= 0.3 is 0 Å². The fraction of sp³-hybridized carbons (Fsp3) is 0.500. The zero-order valence-corrected chi connectivity index (χ0v) is 7.82. The molecule has 1 unspecified atom stereocenters. The van der Waals surface area contributed by atoms with Crippen molar-refractivity contribution in [3.63, 3.8) is 0 Å². The molecule has 0 aromatic heterocycles. The lowest BCUT2D eigenvalue weighted by molar-refractivity contribution is 0.106. The molecular weight excluding hydrogens is 160 g/mol. The van der Waals surface area contributed by atoms with Gasteiger partial charge in [-0.1, -0.05) is 43.2 Å². The van der Waals surface area contributed by atoms with Crippen LogP contribution in [0.25, 0.3) is 0 Å². The van der Waals surface area contributed by atoms with Crippen LogP contribution in [0.4, 0.5) is 0 Å². The smallest absolute Gasteiger partial charge is 0.0608 e. The molecule has 1 aromatic rings. The lowest BCUT2D eigenvalue weighted by atomic mass is 9.82. The van der Waals surface area contributed by atoms with Gasteiger partial charge in [-0.05, 0) is 18.4 Å². The quantitative estimate of drug-likeness (QED) is 0.697. The first kappa shape index (κ1) is 8.76. The van der Waals surface area contributed by atoms with Gasteiger partial charge in [-0.2, -0.15) is 0 Å². The molecule has 1 N–H and O–H groups in total. The summed E-state index contributed by atoms with van der Waals surface area (Å²) < 4.78 is 0. The highest BCUT2D eigenvalue weighted by molar-refractivity contribution is 5.21. The van der Waals surface area contributed by atoms with E-state index in [9.17, 15) is 5.11 Å². The first-order valence-corrected chi connectivity index (χ1v) is 5.11. The van der Waals surface area contributed by atoms with E-state index < -0.39 is 0 Å². The zero-order valence-electron chi connectivity index (χ0n) is 7.82. The summed E-state index contributed by atoms with van der Waals surface area (Å²) in [5, 5.41) is 9.82. The minimum atomic E-state index is -0.115. The normalized spacial score (nSPS) is 28.7. The summed E-state index contributed by atoms with van der Waals surface area (Å²) in [7, 11) is 0. The summed E-state index contributed by atoms with van der Waals surface area (Å²) in [6, 6.07) is 10.4. The van der Waals surface area contributed by atoms with Crippen molar-refractivity contribution in [2.75, 3.05) is 0 Å². The zero-order chi connectivity index (χ0) is 9.10. The Morgan fingerprint density at radius 1 is 1.00 bits per heavy atom. The van der Waals surface area contributed by atoms with E-state index in [0.29, 0.717) is 5.92 Å². The summed E-state index contributed by atoms with van der Waals surface area (Å²) >= 11 is 0. The highest BCUT2D eigenvalue weighted by atomic mass is 16.3. The van der Waals surface area contributed by atoms with Gasteiger partial charge in [0.15, 0.2) is 0 Å². The second kappa shape index (κ2) is 3.93. The van der Waals surface area contributed by atoms with Crippen LogP contribution in [0.3, 0.4) is 0 Å². The molecule has 13 heavy (non-hydrogen) atoms. The molecule has 0 radical (unpaired) electrons. The maximum absolute atomic E-state index is 9.82. The first-order valence-electron chi connectivity index (χ1n) is 5.11. The van der Waals surface area contributed by atoms with Crippen molar-refractivity contribution in [1.82, 2.24) is 0 Å². The Labute approximate surface area is 79.4 Å². The molecule has 0 saturated heterocycles. The number of aliphatic hydroxyl groups excluding tert-OH is 1. The van der Waals surface area contributed by atoms with Gasteiger partial charge in [0, 0.05) is 5.92 Å².